The van der Waals surface area contributed by atoms with Crippen LogP contribution in [0.5, 0.6) is 0 Å². The Morgan fingerprint density at radius 2 is 2.06 bits per heavy atom. The lowest BCUT2D eigenvalue weighted by molar-refractivity contribution is 0.885. The van der Waals surface area contributed by atoms with E-state index in [4.69, 9.17) is 5.73 Å². The van der Waals surface area contributed by atoms with Crippen LogP contribution in [0.4, 0.5) is 11.4 Å². The van der Waals surface area contributed by atoms with Crippen molar-refractivity contribution in [1.29, 1.82) is 0 Å². The quantitative estimate of drug-likeness (QED) is 0.858. The predicted molar refractivity (Wildman–Crippen MR) is 84.6 cm³/mol. The molecule has 1 heterocycles. The lowest BCUT2D eigenvalue weighted by Gasteiger charge is -2.22. The molecular weight excluding hydrogens is 308 g/mol. The number of nitrogens with zero attached hydrogens (tertiary/aromatic N) is 1. The summed E-state index contributed by atoms with van der Waals surface area (Å²) in [7, 11) is 2.10. The van der Waals surface area contributed by atoms with Gasteiger partial charge in [-0.3, -0.25) is 0 Å². The van der Waals surface area contributed by atoms with Crippen LogP contribution in [0.3, 0.4) is 0 Å². The zero-order chi connectivity index (χ0) is 13.1. The second kappa shape index (κ2) is 5.76. The summed E-state index contributed by atoms with van der Waals surface area (Å²) in [5, 5.41) is 0. The van der Waals surface area contributed by atoms with Crippen LogP contribution in [0.25, 0.3) is 0 Å². The van der Waals surface area contributed by atoms with Crippen LogP contribution in [0.2, 0.25) is 0 Å². The summed E-state index contributed by atoms with van der Waals surface area (Å²) in [5.74, 6) is 0. The molecule has 0 amide bonds. The van der Waals surface area contributed by atoms with Crippen molar-refractivity contribution < 1.29 is 0 Å². The topological polar surface area (TPSA) is 29.3 Å². The highest BCUT2D eigenvalue weighted by Gasteiger charge is 2.08. The zero-order valence-corrected chi connectivity index (χ0v) is 13.0. The third-order valence-electron chi connectivity index (χ3n) is 2.97. The van der Waals surface area contributed by atoms with Crippen LogP contribution >= 0.6 is 27.3 Å². The number of anilines is 2. The standard InChI is InChI=1S/C14H17BrN2S/c1-10-4-3-5-12(16)14(10)17(2)9-8-11-6-7-13(15)18-11/h3-7H,8-9,16H2,1-2H3. The van der Waals surface area contributed by atoms with Crippen molar-refractivity contribution in [2.45, 2.75) is 13.3 Å². The zero-order valence-electron chi connectivity index (χ0n) is 10.6. The van der Waals surface area contributed by atoms with Crippen LogP contribution in [0.15, 0.2) is 34.1 Å². The number of halogens is 1. The maximum atomic E-state index is 6.05. The number of para-hydroxylation sites is 1. The second-order valence-electron chi connectivity index (χ2n) is 4.39. The summed E-state index contributed by atoms with van der Waals surface area (Å²) in [5.41, 5.74) is 9.27. The maximum Gasteiger partial charge on any atom is 0.0701 e. The summed E-state index contributed by atoms with van der Waals surface area (Å²) < 4.78 is 1.19. The average Bonchev–Trinajstić information content (AvgIpc) is 2.72. The highest BCUT2D eigenvalue weighted by Crippen LogP contribution is 2.27. The minimum absolute atomic E-state index is 0.852. The molecule has 1 aromatic carbocycles. The molecule has 0 saturated heterocycles. The van der Waals surface area contributed by atoms with Crippen molar-refractivity contribution in [1.82, 2.24) is 0 Å². The van der Waals surface area contributed by atoms with Gasteiger partial charge in [-0.2, -0.15) is 0 Å². The molecule has 0 atom stereocenters. The van der Waals surface area contributed by atoms with Gasteiger partial charge in [-0.15, -0.1) is 11.3 Å². The Hall–Kier alpha value is -1.000. The Balaban J connectivity index is 2.06. The number of nitrogen functional groups attached to an aromatic ring is 1. The van der Waals surface area contributed by atoms with E-state index < -0.39 is 0 Å². The fraction of sp³-hybridized carbons (Fsp3) is 0.286. The molecule has 0 aliphatic rings. The normalized spacial score (nSPS) is 10.6. The molecule has 0 unspecified atom stereocenters. The van der Waals surface area contributed by atoms with Crippen LogP contribution in [-0.4, -0.2) is 13.6 Å². The van der Waals surface area contributed by atoms with Gasteiger partial charge in [-0.1, -0.05) is 12.1 Å². The Kier molecular flexibility index (Phi) is 4.30. The molecule has 1 aromatic heterocycles. The van der Waals surface area contributed by atoms with E-state index in [2.05, 4.69) is 53.0 Å². The summed E-state index contributed by atoms with van der Waals surface area (Å²) in [6.45, 7) is 3.08. The number of thiophene rings is 1. The number of likely N-dealkylation sites (N-methyl/N-ethyl adjacent to an activating group) is 1. The van der Waals surface area contributed by atoms with E-state index in [1.165, 1.54) is 14.2 Å². The fourth-order valence-electron chi connectivity index (χ4n) is 2.08. The van der Waals surface area contributed by atoms with Crippen LogP contribution < -0.4 is 10.6 Å². The first-order valence-electron chi connectivity index (χ1n) is 5.88. The first-order valence-corrected chi connectivity index (χ1v) is 7.49. The Morgan fingerprint density at radius 1 is 1.28 bits per heavy atom. The van der Waals surface area contributed by atoms with Crippen molar-refractivity contribution in [3.63, 3.8) is 0 Å². The molecule has 0 radical (unpaired) electrons. The highest BCUT2D eigenvalue weighted by atomic mass is 79.9. The predicted octanol–water partition coefficient (Wildman–Crippen LogP) is 4.08. The molecule has 2 rings (SSSR count). The van der Waals surface area contributed by atoms with Crippen molar-refractivity contribution in [3.05, 3.63) is 44.6 Å². The molecule has 0 aliphatic carbocycles. The van der Waals surface area contributed by atoms with Gasteiger partial charge < -0.3 is 10.6 Å². The van der Waals surface area contributed by atoms with Crippen molar-refractivity contribution in [2.24, 2.45) is 0 Å². The molecule has 0 spiro atoms. The summed E-state index contributed by atoms with van der Waals surface area (Å²) in [6.07, 6.45) is 1.04. The van der Waals surface area contributed by atoms with E-state index in [0.717, 1.165) is 24.3 Å². The summed E-state index contributed by atoms with van der Waals surface area (Å²) in [4.78, 5) is 3.62. The molecule has 96 valence electrons. The smallest absolute Gasteiger partial charge is 0.0701 e. The third-order valence-corrected chi connectivity index (χ3v) is 4.66. The van der Waals surface area contributed by atoms with E-state index in [9.17, 15) is 0 Å². The van der Waals surface area contributed by atoms with Gasteiger partial charge in [0.25, 0.3) is 0 Å². The molecule has 0 saturated carbocycles. The first kappa shape index (κ1) is 13.4. The molecular formula is C14H17BrN2S. The number of rotatable bonds is 4. The lowest BCUT2D eigenvalue weighted by atomic mass is 10.1. The van der Waals surface area contributed by atoms with Gasteiger partial charge in [0, 0.05) is 18.5 Å². The number of aryl methyl sites for hydroxylation is 1. The van der Waals surface area contributed by atoms with Crippen LogP contribution in [0.1, 0.15) is 10.4 Å². The largest absolute Gasteiger partial charge is 0.397 e. The minimum Gasteiger partial charge on any atom is -0.397 e. The Labute approximate surface area is 121 Å². The first-order chi connectivity index (χ1) is 8.58. The number of hydrogen-bond acceptors (Lipinski definition) is 3. The van der Waals surface area contributed by atoms with E-state index in [-0.39, 0.29) is 0 Å². The van der Waals surface area contributed by atoms with Crippen molar-refractivity contribution in [2.75, 3.05) is 24.2 Å². The van der Waals surface area contributed by atoms with Crippen molar-refractivity contribution in [3.8, 4) is 0 Å². The van der Waals surface area contributed by atoms with Gasteiger partial charge in [0.1, 0.15) is 0 Å². The summed E-state index contributed by atoms with van der Waals surface area (Å²) >= 11 is 5.28. The Morgan fingerprint density at radius 3 is 2.67 bits per heavy atom. The summed E-state index contributed by atoms with van der Waals surface area (Å²) in [6, 6.07) is 10.3. The van der Waals surface area contributed by atoms with Crippen LogP contribution in [0, 0.1) is 6.92 Å². The van der Waals surface area contributed by atoms with Gasteiger partial charge in [0.05, 0.1) is 15.2 Å². The lowest BCUT2D eigenvalue weighted by Crippen LogP contribution is -2.22. The van der Waals surface area contributed by atoms with Gasteiger partial charge in [0.2, 0.25) is 0 Å². The average molecular weight is 325 g/mol. The second-order valence-corrected chi connectivity index (χ2v) is 6.94. The maximum absolute atomic E-state index is 6.05. The fourth-order valence-corrected chi connectivity index (χ4v) is 3.55. The minimum atomic E-state index is 0.852. The van der Waals surface area contributed by atoms with E-state index in [1.807, 2.05) is 12.1 Å². The van der Waals surface area contributed by atoms with E-state index in [1.54, 1.807) is 11.3 Å². The molecule has 4 heteroatoms. The van der Waals surface area contributed by atoms with Gasteiger partial charge >= 0.3 is 0 Å². The molecule has 2 N–H and O–H groups in total. The van der Waals surface area contributed by atoms with E-state index in [0.29, 0.717) is 0 Å². The molecule has 18 heavy (non-hydrogen) atoms. The molecule has 0 fully saturated rings. The van der Waals surface area contributed by atoms with E-state index >= 15 is 0 Å². The molecule has 0 bridgehead atoms. The van der Waals surface area contributed by atoms with Gasteiger partial charge in [0.15, 0.2) is 0 Å². The van der Waals surface area contributed by atoms with Crippen LogP contribution in [-0.2, 0) is 6.42 Å². The number of hydrogen-bond donors (Lipinski definition) is 1. The SMILES string of the molecule is Cc1cccc(N)c1N(C)CCc1ccc(Br)s1. The third kappa shape index (κ3) is 3.06. The molecule has 0 aliphatic heterocycles. The Bertz CT molecular complexity index is 516. The van der Waals surface area contributed by atoms with Gasteiger partial charge in [-0.05, 0) is 53.0 Å². The highest BCUT2D eigenvalue weighted by molar-refractivity contribution is 9.11. The monoisotopic (exact) mass is 324 g/mol. The molecule has 2 nitrogen and oxygen atoms in total. The molecule has 2 aromatic rings. The van der Waals surface area contributed by atoms with Crippen molar-refractivity contribution >= 4 is 38.6 Å². The number of benzene rings is 1. The van der Waals surface area contributed by atoms with Gasteiger partial charge in [-0.25, -0.2) is 0 Å². The number of nitrogens with two attached hydrogens (primary N) is 1.